The zero-order valence-corrected chi connectivity index (χ0v) is 12.8. The van der Waals surface area contributed by atoms with Crippen molar-refractivity contribution in [3.8, 4) is 5.75 Å². The Labute approximate surface area is 125 Å². The van der Waals surface area contributed by atoms with Gasteiger partial charge in [0.25, 0.3) is 5.91 Å². The van der Waals surface area contributed by atoms with E-state index in [0.717, 1.165) is 29.4 Å². The summed E-state index contributed by atoms with van der Waals surface area (Å²) < 4.78 is 0.747. The number of halogens is 2. The molecule has 1 heterocycles. The summed E-state index contributed by atoms with van der Waals surface area (Å²) in [5.74, 6) is 0.593. The highest BCUT2D eigenvalue weighted by atomic mass is 127. The first-order chi connectivity index (χ1) is 8.63. The summed E-state index contributed by atoms with van der Waals surface area (Å²) in [6, 6.07) is 5.16. The predicted octanol–water partition coefficient (Wildman–Crippen LogP) is 3.23. The van der Waals surface area contributed by atoms with Gasteiger partial charge in [0.2, 0.25) is 0 Å². The zero-order chi connectivity index (χ0) is 13.1. The van der Waals surface area contributed by atoms with Crippen molar-refractivity contribution >= 4 is 40.1 Å². The lowest BCUT2D eigenvalue weighted by atomic mass is 10.0. The second-order valence-corrected chi connectivity index (χ2v) is 5.94. The molecule has 1 aliphatic rings. The molecule has 1 aromatic rings. The lowest BCUT2D eigenvalue weighted by Gasteiger charge is -2.34. The summed E-state index contributed by atoms with van der Waals surface area (Å²) in [6.45, 7) is 0.753. The van der Waals surface area contributed by atoms with Crippen molar-refractivity contribution < 1.29 is 9.90 Å². The van der Waals surface area contributed by atoms with Crippen LogP contribution in [0.5, 0.6) is 5.75 Å². The molecule has 0 saturated carbocycles. The first kappa shape index (κ1) is 13.9. The number of benzene rings is 1. The molecule has 1 aromatic carbocycles. The number of carbonyl (C=O) groups is 1. The van der Waals surface area contributed by atoms with E-state index in [1.54, 1.807) is 12.1 Å². The molecule has 5 heteroatoms. The van der Waals surface area contributed by atoms with Crippen LogP contribution in [0.2, 0.25) is 0 Å². The van der Waals surface area contributed by atoms with E-state index >= 15 is 0 Å². The van der Waals surface area contributed by atoms with Crippen molar-refractivity contribution in [2.75, 3.05) is 12.4 Å². The number of hydrogen-bond donors (Lipinski definition) is 1. The molecule has 2 rings (SSSR count). The summed E-state index contributed by atoms with van der Waals surface area (Å²) in [4.78, 5) is 14.2. The Bertz CT molecular complexity index is 453. The standard InChI is InChI=1S/C13H15ClINO2/c14-8-10-3-1-2-6-16(10)13(18)9-4-5-11(15)12(17)7-9/h4-5,7,10,17H,1-3,6,8H2. The number of carbonyl (C=O) groups excluding carboxylic acids is 1. The molecule has 1 saturated heterocycles. The van der Waals surface area contributed by atoms with Crippen molar-refractivity contribution in [3.05, 3.63) is 27.3 Å². The van der Waals surface area contributed by atoms with Crippen LogP contribution in [0.3, 0.4) is 0 Å². The monoisotopic (exact) mass is 379 g/mol. The van der Waals surface area contributed by atoms with Crippen molar-refractivity contribution in [1.82, 2.24) is 4.90 Å². The summed E-state index contributed by atoms with van der Waals surface area (Å²) >= 11 is 7.95. The van der Waals surface area contributed by atoms with Crippen molar-refractivity contribution in [1.29, 1.82) is 0 Å². The number of alkyl halides is 1. The van der Waals surface area contributed by atoms with Gasteiger partial charge in [-0.05, 0) is 60.1 Å². The van der Waals surface area contributed by atoms with E-state index in [1.165, 1.54) is 6.07 Å². The lowest BCUT2D eigenvalue weighted by Crippen LogP contribution is -2.44. The van der Waals surface area contributed by atoms with Crippen LogP contribution in [0.25, 0.3) is 0 Å². The van der Waals surface area contributed by atoms with E-state index in [-0.39, 0.29) is 17.7 Å². The van der Waals surface area contributed by atoms with E-state index in [1.807, 2.05) is 27.5 Å². The highest BCUT2D eigenvalue weighted by Crippen LogP contribution is 2.24. The lowest BCUT2D eigenvalue weighted by molar-refractivity contribution is 0.0638. The summed E-state index contributed by atoms with van der Waals surface area (Å²) in [5.41, 5.74) is 0.532. The average molecular weight is 380 g/mol. The van der Waals surface area contributed by atoms with Crippen LogP contribution in [0.15, 0.2) is 18.2 Å². The van der Waals surface area contributed by atoms with Crippen molar-refractivity contribution in [3.63, 3.8) is 0 Å². The van der Waals surface area contributed by atoms with Gasteiger partial charge >= 0.3 is 0 Å². The Morgan fingerprint density at radius 1 is 1.50 bits per heavy atom. The molecule has 0 bridgehead atoms. The van der Waals surface area contributed by atoms with Gasteiger partial charge in [-0.25, -0.2) is 0 Å². The predicted molar refractivity (Wildman–Crippen MR) is 80.2 cm³/mol. The molecular weight excluding hydrogens is 365 g/mol. The van der Waals surface area contributed by atoms with E-state index in [2.05, 4.69) is 0 Å². The molecule has 98 valence electrons. The number of likely N-dealkylation sites (tertiary alicyclic amines) is 1. The fraction of sp³-hybridized carbons (Fsp3) is 0.462. The van der Waals surface area contributed by atoms with Gasteiger partial charge in [0.1, 0.15) is 5.75 Å². The largest absolute Gasteiger partial charge is 0.507 e. The summed E-state index contributed by atoms with van der Waals surface area (Å²) in [6.07, 6.45) is 3.11. The number of aromatic hydroxyl groups is 1. The smallest absolute Gasteiger partial charge is 0.254 e. The van der Waals surface area contributed by atoms with Gasteiger partial charge in [-0.15, -0.1) is 11.6 Å². The Balaban J connectivity index is 2.21. The second-order valence-electron chi connectivity index (χ2n) is 4.47. The van der Waals surface area contributed by atoms with Gasteiger partial charge in [-0.2, -0.15) is 0 Å². The molecule has 1 amide bonds. The quantitative estimate of drug-likeness (QED) is 0.633. The average Bonchev–Trinajstić information content (AvgIpc) is 2.41. The van der Waals surface area contributed by atoms with Gasteiger partial charge in [-0.3, -0.25) is 4.79 Å². The minimum absolute atomic E-state index is 0.0351. The zero-order valence-electron chi connectivity index (χ0n) is 9.90. The number of rotatable bonds is 2. The minimum atomic E-state index is -0.0351. The fourth-order valence-corrected chi connectivity index (χ4v) is 2.90. The van der Waals surface area contributed by atoms with Gasteiger partial charge < -0.3 is 10.0 Å². The maximum Gasteiger partial charge on any atom is 0.254 e. The Hall–Kier alpha value is -0.490. The number of phenolic OH excluding ortho intramolecular Hbond substituents is 1. The van der Waals surface area contributed by atoms with Crippen LogP contribution in [-0.2, 0) is 0 Å². The van der Waals surface area contributed by atoms with Crippen molar-refractivity contribution in [2.24, 2.45) is 0 Å². The van der Waals surface area contributed by atoms with E-state index in [0.29, 0.717) is 11.4 Å². The number of hydrogen-bond acceptors (Lipinski definition) is 2. The third-order valence-corrected chi connectivity index (χ3v) is 4.53. The van der Waals surface area contributed by atoms with Gasteiger partial charge in [0, 0.05) is 24.0 Å². The normalized spacial score (nSPS) is 19.9. The van der Waals surface area contributed by atoms with E-state index < -0.39 is 0 Å². The summed E-state index contributed by atoms with van der Waals surface area (Å²) in [7, 11) is 0. The topological polar surface area (TPSA) is 40.5 Å². The number of nitrogens with zero attached hydrogens (tertiary/aromatic N) is 1. The molecule has 0 aromatic heterocycles. The molecule has 1 N–H and O–H groups in total. The molecule has 1 aliphatic heterocycles. The van der Waals surface area contributed by atoms with Crippen LogP contribution < -0.4 is 0 Å². The number of amides is 1. The Morgan fingerprint density at radius 3 is 2.94 bits per heavy atom. The Kier molecular flexibility index (Phi) is 4.72. The van der Waals surface area contributed by atoms with Gasteiger partial charge in [-0.1, -0.05) is 0 Å². The maximum absolute atomic E-state index is 12.4. The molecule has 18 heavy (non-hydrogen) atoms. The number of phenols is 1. The molecule has 1 atom stereocenters. The minimum Gasteiger partial charge on any atom is -0.507 e. The fourth-order valence-electron chi connectivity index (χ4n) is 2.24. The highest BCUT2D eigenvalue weighted by molar-refractivity contribution is 14.1. The molecule has 0 radical (unpaired) electrons. The number of piperidine rings is 1. The molecule has 3 nitrogen and oxygen atoms in total. The van der Waals surface area contributed by atoms with Gasteiger partial charge in [0.15, 0.2) is 0 Å². The van der Waals surface area contributed by atoms with E-state index in [4.69, 9.17) is 11.6 Å². The molecule has 1 fully saturated rings. The van der Waals surface area contributed by atoms with E-state index in [9.17, 15) is 9.90 Å². The third kappa shape index (κ3) is 2.91. The van der Waals surface area contributed by atoms with Crippen LogP contribution >= 0.6 is 34.2 Å². The van der Waals surface area contributed by atoms with Crippen LogP contribution in [0, 0.1) is 3.57 Å². The third-order valence-electron chi connectivity index (χ3n) is 3.26. The second kappa shape index (κ2) is 6.10. The highest BCUT2D eigenvalue weighted by Gasteiger charge is 2.26. The van der Waals surface area contributed by atoms with Gasteiger partial charge in [0.05, 0.1) is 3.57 Å². The van der Waals surface area contributed by atoms with Crippen LogP contribution in [0.4, 0.5) is 0 Å². The summed E-state index contributed by atoms with van der Waals surface area (Å²) in [5, 5.41) is 9.67. The van der Waals surface area contributed by atoms with Crippen molar-refractivity contribution in [2.45, 2.75) is 25.3 Å². The molecule has 0 aliphatic carbocycles. The molecule has 1 unspecified atom stereocenters. The molecule has 0 spiro atoms. The first-order valence-corrected chi connectivity index (χ1v) is 7.60. The SMILES string of the molecule is O=C(c1ccc(I)c(O)c1)N1CCCCC1CCl. The first-order valence-electron chi connectivity index (χ1n) is 5.99. The van der Waals surface area contributed by atoms with Crippen LogP contribution in [-0.4, -0.2) is 34.4 Å². The van der Waals surface area contributed by atoms with Crippen LogP contribution in [0.1, 0.15) is 29.6 Å². The maximum atomic E-state index is 12.4. The Morgan fingerprint density at radius 2 is 2.28 bits per heavy atom. The molecular formula is C13H15ClINO2.